The largest absolute Gasteiger partial charge is 0.392 e. The summed E-state index contributed by atoms with van der Waals surface area (Å²) in [5, 5.41) is 10.2. The van der Waals surface area contributed by atoms with E-state index in [1.807, 2.05) is 4.90 Å². The molecule has 0 amide bonds. The molecule has 2 aliphatic carbocycles. The van der Waals surface area contributed by atoms with Gasteiger partial charge in [0.15, 0.2) is 0 Å². The monoisotopic (exact) mass is 210 g/mol. The maximum Gasteiger partial charge on any atom is 0.0928 e. The summed E-state index contributed by atoms with van der Waals surface area (Å²) in [6.45, 7) is 2.75. The summed E-state index contributed by atoms with van der Waals surface area (Å²) in [6, 6.07) is 0.805. The van der Waals surface area contributed by atoms with Gasteiger partial charge in [-0.15, -0.1) is 0 Å². The fourth-order valence-corrected chi connectivity index (χ4v) is 4.34. The van der Waals surface area contributed by atoms with E-state index < -0.39 is 0 Å². The van der Waals surface area contributed by atoms with Crippen molar-refractivity contribution < 1.29 is 10.0 Å². The van der Waals surface area contributed by atoms with Gasteiger partial charge < -0.3 is 10.0 Å². The molecule has 3 aliphatic rings. The average molecular weight is 210 g/mol. The van der Waals surface area contributed by atoms with Gasteiger partial charge in [-0.2, -0.15) is 0 Å². The summed E-state index contributed by atoms with van der Waals surface area (Å²) in [6.07, 6.45) is 9.61. The van der Waals surface area contributed by atoms with Crippen LogP contribution in [0.15, 0.2) is 0 Å². The normalized spacial score (nSPS) is 47.0. The minimum absolute atomic E-state index is 0.0539. The van der Waals surface area contributed by atoms with Crippen molar-refractivity contribution in [1.29, 1.82) is 0 Å². The molecule has 4 atom stereocenters. The first kappa shape index (κ1) is 10.1. The maximum atomic E-state index is 10.2. The van der Waals surface area contributed by atoms with E-state index in [9.17, 15) is 5.11 Å². The Hall–Kier alpha value is -0.0800. The van der Waals surface area contributed by atoms with Crippen LogP contribution in [-0.4, -0.2) is 30.3 Å². The highest BCUT2D eigenvalue weighted by atomic mass is 16.3. The van der Waals surface area contributed by atoms with Gasteiger partial charge in [0.2, 0.25) is 0 Å². The molecular weight excluding hydrogens is 186 g/mol. The Morgan fingerprint density at radius 2 is 1.60 bits per heavy atom. The number of aliphatic hydroxyl groups excluding tert-OH is 1. The molecule has 0 unspecified atom stereocenters. The molecule has 0 aromatic carbocycles. The average Bonchev–Trinajstić information content (AvgIpc) is 2.54. The Balaban J connectivity index is 1.69. The third-order valence-electron chi connectivity index (χ3n) is 5.18. The quantitative estimate of drug-likeness (QED) is 0.651. The fourth-order valence-electron chi connectivity index (χ4n) is 4.34. The summed E-state index contributed by atoms with van der Waals surface area (Å²) < 4.78 is 0. The molecule has 3 rings (SSSR count). The minimum Gasteiger partial charge on any atom is -0.392 e. The molecule has 15 heavy (non-hydrogen) atoms. The van der Waals surface area contributed by atoms with Gasteiger partial charge in [-0.05, 0) is 44.4 Å². The topological polar surface area (TPSA) is 24.7 Å². The van der Waals surface area contributed by atoms with E-state index in [1.165, 1.54) is 58.0 Å². The molecule has 0 spiro atoms. The molecule has 2 N–H and O–H groups in total. The van der Waals surface area contributed by atoms with Gasteiger partial charge >= 0.3 is 0 Å². The lowest BCUT2D eigenvalue weighted by Crippen LogP contribution is -3.17. The summed E-state index contributed by atoms with van der Waals surface area (Å²) in [7, 11) is 0. The molecule has 2 saturated carbocycles. The molecule has 0 aromatic heterocycles. The van der Waals surface area contributed by atoms with E-state index in [4.69, 9.17) is 0 Å². The van der Waals surface area contributed by atoms with Gasteiger partial charge in [0.05, 0.1) is 25.2 Å². The van der Waals surface area contributed by atoms with Crippen molar-refractivity contribution in [3.05, 3.63) is 0 Å². The van der Waals surface area contributed by atoms with Crippen LogP contribution in [0, 0.1) is 11.8 Å². The van der Waals surface area contributed by atoms with Crippen LogP contribution in [0.2, 0.25) is 0 Å². The highest BCUT2D eigenvalue weighted by Crippen LogP contribution is 2.41. The van der Waals surface area contributed by atoms with Crippen molar-refractivity contribution in [1.82, 2.24) is 0 Å². The highest BCUT2D eigenvalue weighted by Gasteiger charge is 2.47. The zero-order chi connectivity index (χ0) is 10.3. The first-order valence-corrected chi connectivity index (χ1v) is 6.89. The van der Waals surface area contributed by atoms with E-state index in [-0.39, 0.29) is 6.10 Å². The van der Waals surface area contributed by atoms with Crippen LogP contribution < -0.4 is 4.90 Å². The molecule has 2 nitrogen and oxygen atoms in total. The zero-order valence-corrected chi connectivity index (χ0v) is 9.62. The van der Waals surface area contributed by atoms with Crippen molar-refractivity contribution >= 4 is 0 Å². The number of aliphatic hydroxyl groups is 1. The summed E-state index contributed by atoms with van der Waals surface area (Å²) in [5.41, 5.74) is 0. The third kappa shape index (κ3) is 1.72. The number of hydrogen-bond donors (Lipinski definition) is 2. The van der Waals surface area contributed by atoms with Gasteiger partial charge in [-0.3, -0.25) is 0 Å². The second-order valence-electron chi connectivity index (χ2n) is 5.89. The second kappa shape index (κ2) is 4.06. The van der Waals surface area contributed by atoms with Crippen LogP contribution in [0.3, 0.4) is 0 Å². The second-order valence-corrected chi connectivity index (χ2v) is 5.89. The Bertz CT molecular complexity index is 225. The summed E-state index contributed by atoms with van der Waals surface area (Å²) >= 11 is 0. The van der Waals surface area contributed by atoms with E-state index in [0.29, 0.717) is 11.8 Å². The van der Waals surface area contributed by atoms with Gasteiger partial charge in [-0.1, -0.05) is 0 Å². The van der Waals surface area contributed by atoms with Crippen LogP contribution in [0.25, 0.3) is 0 Å². The molecule has 86 valence electrons. The van der Waals surface area contributed by atoms with Crippen molar-refractivity contribution in [2.45, 2.75) is 57.1 Å². The van der Waals surface area contributed by atoms with Crippen LogP contribution >= 0.6 is 0 Å². The van der Waals surface area contributed by atoms with Crippen molar-refractivity contribution in [2.24, 2.45) is 11.8 Å². The van der Waals surface area contributed by atoms with E-state index in [0.717, 1.165) is 6.04 Å². The standard InChI is InChI=1S/C13H23NO/c15-13-10-4-6-11(13)12(7-5-10)14-8-2-1-3-9-14/h10-13,15H,1-9H2/p+1/t10-,11+,12+,13-/m1/s1. The Morgan fingerprint density at radius 1 is 0.867 bits per heavy atom. The van der Waals surface area contributed by atoms with Crippen LogP contribution in [0.4, 0.5) is 0 Å². The number of rotatable bonds is 1. The van der Waals surface area contributed by atoms with Crippen molar-refractivity contribution in [2.75, 3.05) is 13.1 Å². The molecule has 1 aliphatic heterocycles. The first-order chi connectivity index (χ1) is 7.36. The number of fused-ring (bicyclic) bond motifs is 2. The van der Waals surface area contributed by atoms with Crippen molar-refractivity contribution in [3.63, 3.8) is 0 Å². The molecular formula is C13H24NO+. The minimum atomic E-state index is 0.0539. The third-order valence-corrected chi connectivity index (χ3v) is 5.18. The zero-order valence-electron chi connectivity index (χ0n) is 9.62. The van der Waals surface area contributed by atoms with Gasteiger partial charge in [0, 0.05) is 12.3 Å². The smallest absolute Gasteiger partial charge is 0.0928 e. The van der Waals surface area contributed by atoms with Gasteiger partial charge in [0.25, 0.3) is 0 Å². The first-order valence-electron chi connectivity index (χ1n) is 6.89. The number of piperidine rings is 1. The van der Waals surface area contributed by atoms with E-state index in [1.54, 1.807) is 0 Å². The number of nitrogens with one attached hydrogen (secondary N) is 1. The molecule has 2 heteroatoms. The van der Waals surface area contributed by atoms with Gasteiger partial charge in [0.1, 0.15) is 0 Å². The fraction of sp³-hybridized carbons (Fsp3) is 1.00. The maximum absolute atomic E-state index is 10.2. The summed E-state index contributed by atoms with van der Waals surface area (Å²) in [5.74, 6) is 1.31. The molecule has 0 radical (unpaired) electrons. The van der Waals surface area contributed by atoms with Crippen LogP contribution in [0.1, 0.15) is 44.9 Å². The molecule has 1 saturated heterocycles. The van der Waals surface area contributed by atoms with Gasteiger partial charge in [-0.25, -0.2) is 0 Å². The molecule has 0 aromatic rings. The summed E-state index contributed by atoms with van der Waals surface area (Å²) in [4.78, 5) is 1.82. The number of likely N-dealkylation sites (tertiary alicyclic amines) is 1. The SMILES string of the molecule is O[C@@H]1[C@@H]2CC[C@H]1[C@@H]([NH+]1CCCCC1)CC2. The number of quaternary nitrogens is 1. The lowest BCUT2D eigenvalue weighted by molar-refractivity contribution is -0.935. The predicted octanol–water partition coefficient (Wildman–Crippen LogP) is 0.605. The van der Waals surface area contributed by atoms with E-state index in [2.05, 4.69) is 0 Å². The Labute approximate surface area is 92.7 Å². The molecule has 1 heterocycles. The lowest BCUT2D eigenvalue weighted by Gasteiger charge is -2.39. The molecule has 3 fully saturated rings. The van der Waals surface area contributed by atoms with Crippen LogP contribution in [0.5, 0.6) is 0 Å². The van der Waals surface area contributed by atoms with Crippen LogP contribution in [-0.2, 0) is 0 Å². The highest BCUT2D eigenvalue weighted by molar-refractivity contribution is 4.93. The predicted molar refractivity (Wildman–Crippen MR) is 59.8 cm³/mol. The van der Waals surface area contributed by atoms with E-state index >= 15 is 0 Å². The molecule has 2 bridgehead atoms. The number of hydrogen-bond acceptors (Lipinski definition) is 1. The Kier molecular flexibility index (Phi) is 2.73. The van der Waals surface area contributed by atoms with Crippen molar-refractivity contribution in [3.8, 4) is 0 Å². The Morgan fingerprint density at radius 3 is 2.40 bits per heavy atom. The lowest BCUT2D eigenvalue weighted by atomic mass is 9.81.